The van der Waals surface area contributed by atoms with E-state index in [2.05, 4.69) is 5.32 Å². The fourth-order valence-corrected chi connectivity index (χ4v) is 3.18. The van der Waals surface area contributed by atoms with Gasteiger partial charge in [-0.15, -0.1) is 0 Å². The minimum absolute atomic E-state index is 0.0369. The molecule has 4 heteroatoms. The van der Waals surface area contributed by atoms with Gasteiger partial charge in [-0.2, -0.15) is 0 Å². The monoisotopic (exact) mass is 254 g/mol. The van der Waals surface area contributed by atoms with E-state index in [1.807, 2.05) is 7.05 Å². The molecular weight excluding hydrogens is 228 g/mol. The van der Waals surface area contributed by atoms with Gasteiger partial charge in [-0.25, -0.2) is 0 Å². The lowest BCUT2D eigenvalue weighted by Crippen LogP contribution is -2.48. The van der Waals surface area contributed by atoms with Crippen molar-refractivity contribution in [2.24, 2.45) is 0 Å². The van der Waals surface area contributed by atoms with E-state index in [9.17, 15) is 9.90 Å². The van der Waals surface area contributed by atoms with Crippen LogP contribution in [-0.4, -0.2) is 47.7 Å². The molecule has 2 N–H and O–H groups in total. The number of aliphatic hydroxyl groups is 1. The first-order valence-corrected chi connectivity index (χ1v) is 7.35. The largest absolute Gasteiger partial charge is 0.391 e. The van der Waals surface area contributed by atoms with Gasteiger partial charge >= 0.3 is 0 Å². The van der Waals surface area contributed by atoms with E-state index in [1.165, 1.54) is 12.8 Å². The number of aliphatic hydroxyl groups excluding tert-OH is 1. The lowest BCUT2D eigenvalue weighted by molar-refractivity contribution is -0.136. The SMILES string of the molecule is CN(C(=O)CC1CCCCN1)C1CCCCC1O. The lowest BCUT2D eigenvalue weighted by atomic mass is 9.91. The Labute approximate surface area is 110 Å². The van der Waals surface area contributed by atoms with Crippen LogP contribution < -0.4 is 5.32 Å². The summed E-state index contributed by atoms with van der Waals surface area (Å²) < 4.78 is 0. The smallest absolute Gasteiger partial charge is 0.224 e. The third-order valence-electron chi connectivity index (χ3n) is 4.42. The fourth-order valence-electron chi connectivity index (χ4n) is 3.18. The number of rotatable bonds is 3. The summed E-state index contributed by atoms with van der Waals surface area (Å²) >= 11 is 0. The maximum Gasteiger partial charge on any atom is 0.224 e. The highest BCUT2D eigenvalue weighted by atomic mass is 16.3. The zero-order valence-corrected chi connectivity index (χ0v) is 11.4. The second-order valence-corrected chi connectivity index (χ2v) is 5.77. The van der Waals surface area contributed by atoms with Gasteiger partial charge in [-0.1, -0.05) is 19.3 Å². The second-order valence-electron chi connectivity index (χ2n) is 5.77. The third kappa shape index (κ3) is 3.45. The lowest BCUT2D eigenvalue weighted by Gasteiger charge is -2.36. The van der Waals surface area contributed by atoms with Crippen molar-refractivity contribution in [2.45, 2.75) is 69.6 Å². The zero-order valence-electron chi connectivity index (χ0n) is 11.4. The van der Waals surface area contributed by atoms with Crippen LogP contribution in [0.25, 0.3) is 0 Å². The number of carbonyl (C=O) groups is 1. The van der Waals surface area contributed by atoms with Crippen molar-refractivity contribution in [3.8, 4) is 0 Å². The number of nitrogens with one attached hydrogen (secondary N) is 1. The van der Waals surface area contributed by atoms with Crippen molar-refractivity contribution in [3.63, 3.8) is 0 Å². The predicted octanol–water partition coefficient (Wildman–Crippen LogP) is 1.28. The van der Waals surface area contributed by atoms with Crippen molar-refractivity contribution in [3.05, 3.63) is 0 Å². The van der Waals surface area contributed by atoms with Crippen LogP contribution in [0.15, 0.2) is 0 Å². The van der Waals surface area contributed by atoms with Crippen LogP contribution >= 0.6 is 0 Å². The molecule has 0 radical (unpaired) electrons. The van der Waals surface area contributed by atoms with Crippen molar-refractivity contribution >= 4 is 5.91 Å². The Bertz CT molecular complexity index is 277. The summed E-state index contributed by atoms with van der Waals surface area (Å²) in [5.74, 6) is 0.181. The minimum Gasteiger partial charge on any atom is -0.391 e. The molecule has 3 unspecified atom stereocenters. The van der Waals surface area contributed by atoms with Gasteiger partial charge in [0.05, 0.1) is 12.1 Å². The molecule has 1 amide bonds. The molecule has 1 saturated heterocycles. The normalized spacial score (nSPS) is 33.1. The van der Waals surface area contributed by atoms with Gasteiger partial charge in [0.2, 0.25) is 5.91 Å². The Morgan fingerprint density at radius 3 is 2.61 bits per heavy atom. The van der Waals surface area contributed by atoms with Gasteiger partial charge in [-0.3, -0.25) is 4.79 Å². The molecule has 2 rings (SSSR count). The number of piperidine rings is 1. The van der Waals surface area contributed by atoms with Crippen LogP contribution in [0.2, 0.25) is 0 Å². The first-order chi connectivity index (χ1) is 8.68. The van der Waals surface area contributed by atoms with Gasteiger partial charge in [0, 0.05) is 19.5 Å². The summed E-state index contributed by atoms with van der Waals surface area (Å²) in [5, 5.41) is 13.4. The zero-order chi connectivity index (χ0) is 13.0. The molecule has 3 atom stereocenters. The summed E-state index contributed by atoms with van der Waals surface area (Å²) in [4.78, 5) is 14.0. The third-order valence-corrected chi connectivity index (χ3v) is 4.42. The van der Waals surface area contributed by atoms with E-state index >= 15 is 0 Å². The van der Waals surface area contributed by atoms with E-state index in [0.29, 0.717) is 12.5 Å². The highest BCUT2D eigenvalue weighted by molar-refractivity contribution is 5.77. The number of likely N-dealkylation sites (N-methyl/N-ethyl adjacent to an activating group) is 1. The van der Waals surface area contributed by atoms with Gasteiger partial charge < -0.3 is 15.3 Å². The average molecular weight is 254 g/mol. The van der Waals surface area contributed by atoms with Gasteiger partial charge in [0.1, 0.15) is 0 Å². The number of nitrogens with zero attached hydrogens (tertiary/aromatic N) is 1. The van der Waals surface area contributed by atoms with Crippen LogP contribution in [0, 0.1) is 0 Å². The Hall–Kier alpha value is -0.610. The Balaban J connectivity index is 1.83. The molecule has 0 aromatic rings. The van der Waals surface area contributed by atoms with E-state index in [4.69, 9.17) is 0 Å². The maximum absolute atomic E-state index is 12.2. The predicted molar refractivity (Wildman–Crippen MR) is 71.3 cm³/mol. The summed E-state index contributed by atoms with van der Waals surface area (Å²) in [6, 6.07) is 0.379. The molecule has 0 spiro atoms. The molecule has 104 valence electrons. The summed E-state index contributed by atoms with van der Waals surface area (Å²) in [6.07, 6.45) is 7.80. The molecule has 4 nitrogen and oxygen atoms in total. The van der Waals surface area contributed by atoms with E-state index in [0.717, 1.165) is 38.6 Å². The van der Waals surface area contributed by atoms with Crippen LogP contribution in [0.3, 0.4) is 0 Å². The molecular formula is C14H26N2O2. The Morgan fingerprint density at radius 1 is 1.22 bits per heavy atom. The van der Waals surface area contributed by atoms with Crippen LogP contribution in [0.1, 0.15) is 51.4 Å². The quantitative estimate of drug-likeness (QED) is 0.798. The summed E-state index contributed by atoms with van der Waals surface area (Å²) in [5.41, 5.74) is 0. The van der Waals surface area contributed by atoms with Gasteiger partial charge in [0.15, 0.2) is 0 Å². The Kier molecular flexibility index (Phi) is 5.01. The van der Waals surface area contributed by atoms with Crippen molar-refractivity contribution in [1.29, 1.82) is 0 Å². The van der Waals surface area contributed by atoms with E-state index in [-0.39, 0.29) is 18.1 Å². The molecule has 2 fully saturated rings. The Morgan fingerprint density at radius 2 is 1.94 bits per heavy atom. The maximum atomic E-state index is 12.2. The topological polar surface area (TPSA) is 52.6 Å². The number of hydrogen-bond acceptors (Lipinski definition) is 3. The first kappa shape index (κ1) is 13.8. The molecule has 0 aromatic carbocycles. The molecule has 1 aliphatic carbocycles. The highest BCUT2D eigenvalue weighted by Crippen LogP contribution is 2.23. The second kappa shape index (κ2) is 6.53. The van der Waals surface area contributed by atoms with Crippen LogP contribution in [-0.2, 0) is 4.79 Å². The molecule has 2 aliphatic rings. The molecule has 1 saturated carbocycles. The van der Waals surface area contributed by atoms with E-state index < -0.39 is 0 Å². The van der Waals surface area contributed by atoms with Gasteiger partial charge in [0.25, 0.3) is 0 Å². The van der Waals surface area contributed by atoms with Crippen LogP contribution in [0.4, 0.5) is 0 Å². The fraction of sp³-hybridized carbons (Fsp3) is 0.929. The average Bonchev–Trinajstić information content (AvgIpc) is 2.39. The molecule has 0 bridgehead atoms. The van der Waals surface area contributed by atoms with Crippen molar-refractivity contribution in [1.82, 2.24) is 10.2 Å². The first-order valence-electron chi connectivity index (χ1n) is 7.35. The highest BCUT2D eigenvalue weighted by Gasteiger charge is 2.30. The van der Waals surface area contributed by atoms with Crippen molar-refractivity contribution in [2.75, 3.05) is 13.6 Å². The molecule has 1 aliphatic heterocycles. The van der Waals surface area contributed by atoms with Crippen molar-refractivity contribution < 1.29 is 9.90 Å². The van der Waals surface area contributed by atoms with E-state index in [1.54, 1.807) is 4.90 Å². The van der Waals surface area contributed by atoms with Crippen LogP contribution in [0.5, 0.6) is 0 Å². The minimum atomic E-state index is -0.327. The number of hydrogen-bond donors (Lipinski definition) is 2. The van der Waals surface area contributed by atoms with Gasteiger partial charge in [-0.05, 0) is 32.2 Å². The molecule has 0 aromatic heterocycles. The molecule has 18 heavy (non-hydrogen) atoms. The number of amides is 1. The number of carbonyl (C=O) groups excluding carboxylic acids is 1. The standard InChI is InChI=1S/C14H26N2O2/c1-16(12-7-2-3-8-13(12)17)14(18)10-11-6-4-5-9-15-11/h11-13,15,17H,2-10H2,1H3. The summed E-state index contributed by atoms with van der Waals surface area (Å²) in [6.45, 7) is 1.04. The molecule has 1 heterocycles. The summed E-state index contributed by atoms with van der Waals surface area (Å²) in [7, 11) is 1.85.